The molecule has 2 N–H and O–H groups in total. The Hall–Kier alpha value is -6.02. The van der Waals surface area contributed by atoms with Crippen LogP contribution in [0.3, 0.4) is 0 Å². The molecule has 0 amide bonds. The zero-order valence-electron chi connectivity index (χ0n) is 24.9. The zero-order chi connectivity index (χ0) is 31.2. The molecule has 6 nitrogen and oxygen atoms in total. The molecule has 0 aliphatic heterocycles. The Balaban J connectivity index is 1.32. The average molecular weight is 605 g/mol. The van der Waals surface area contributed by atoms with Crippen molar-refractivity contribution in [3.05, 3.63) is 133 Å². The van der Waals surface area contributed by atoms with Gasteiger partial charge >= 0.3 is 7.12 Å². The van der Waals surface area contributed by atoms with E-state index in [9.17, 15) is 10.0 Å². The number of rotatable bonds is 3. The molecule has 0 spiro atoms. The van der Waals surface area contributed by atoms with Crippen LogP contribution < -0.4 is 5.46 Å². The molecule has 0 saturated carbocycles. The molecule has 220 valence electrons. The minimum atomic E-state index is -1.69. The molecule has 10 rings (SSSR count). The third-order valence-electron chi connectivity index (χ3n) is 9.37. The number of para-hydroxylation sites is 3. The zero-order valence-corrected chi connectivity index (χ0v) is 24.9. The molecule has 0 atom stereocenters. The number of hydrogen-bond acceptors (Lipinski definition) is 5. The fraction of sp³-hybridized carbons (Fsp3) is 0. The van der Waals surface area contributed by atoms with Gasteiger partial charge in [0.2, 0.25) is 0 Å². The lowest BCUT2D eigenvalue weighted by atomic mass is 9.78. The van der Waals surface area contributed by atoms with E-state index in [1.807, 2.05) is 60.7 Å². The first-order valence-electron chi connectivity index (χ1n) is 15.6. The standard InChI is InChI=1S/C40H24BN3O3/c45-41(46)32-21-25-12-3-4-13-26(25)36-29-16-9-17-30(37(29)47-38(32)36)39-42-33-18-7-5-15-28(33)40(43-39)44-34-19-8-6-14-27(34)31-20-23-10-1-2-11-24(23)22-35(31)44/h1-22,45-46H. The lowest BCUT2D eigenvalue weighted by Crippen LogP contribution is -2.30. The highest BCUT2D eigenvalue weighted by atomic mass is 16.4. The summed E-state index contributed by atoms with van der Waals surface area (Å²) in [5, 5.41) is 29.9. The maximum atomic E-state index is 10.4. The summed E-state index contributed by atoms with van der Waals surface area (Å²) in [5.74, 6) is 1.29. The summed E-state index contributed by atoms with van der Waals surface area (Å²) in [6, 6.07) is 45.1. The van der Waals surface area contributed by atoms with Gasteiger partial charge in [-0.25, -0.2) is 9.97 Å². The molecule has 10 aromatic rings. The van der Waals surface area contributed by atoms with E-state index in [0.717, 1.165) is 71.0 Å². The molecule has 0 saturated heterocycles. The minimum absolute atomic E-state index is 0.318. The summed E-state index contributed by atoms with van der Waals surface area (Å²) < 4.78 is 8.81. The molecule has 7 heteroatoms. The van der Waals surface area contributed by atoms with E-state index in [0.29, 0.717) is 22.5 Å². The average Bonchev–Trinajstić information content (AvgIpc) is 3.66. The van der Waals surface area contributed by atoms with Crippen LogP contribution in [0.2, 0.25) is 0 Å². The topological polar surface area (TPSA) is 84.3 Å². The van der Waals surface area contributed by atoms with E-state index in [4.69, 9.17) is 14.4 Å². The highest BCUT2D eigenvalue weighted by Crippen LogP contribution is 2.40. The van der Waals surface area contributed by atoms with E-state index in [1.54, 1.807) is 6.07 Å². The lowest BCUT2D eigenvalue weighted by molar-refractivity contribution is 0.425. The Morgan fingerprint density at radius 2 is 1.21 bits per heavy atom. The van der Waals surface area contributed by atoms with Gasteiger partial charge < -0.3 is 14.5 Å². The van der Waals surface area contributed by atoms with Gasteiger partial charge in [0, 0.05) is 32.4 Å². The van der Waals surface area contributed by atoms with Crippen LogP contribution in [0.1, 0.15) is 0 Å². The second-order valence-electron chi connectivity index (χ2n) is 12.0. The smallest absolute Gasteiger partial charge is 0.456 e. The highest BCUT2D eigenvalue weighted by Gasteiger charge is 2.25. The predicted octanol–water partition coefficient (Wildman–Crippen LogP) is 8.28. The van der Waals surface area contributed by atoms with Crippen molar-refractivity contribution in [1.82, 2.24) is 14.5 Å². The lowest BCUT2D eigenvalue weighted by Gasteiger charge is -2.13. The molecule has 47 heavy (non-hydrogen) atoms. The summed E-state index contributed by atoms with van der Waals surface area (Å²) >= 11 is 0. The third-order valence-corrected chi connectivity index (χ3v) is 9.37. The molecular formula is C40H24BN3O3. The van der Waals surface area contributed by atoms with Crippen molar-refractivity contribution in [2.45, 2.75) is 0 Å². The molecule has 0 radical (unpaired) electrons. The molecule has 0 bridgehead atoms. The van der Waals surface area contributed by atoms with Crippen LogP contribution in [-0.4, -0.2) is 31.7 Å². The molecule has 0 aliphatic rings. The second-order valence-corrected chi connectivity index (χ2v) is 12.0. The Kier molecular flexibility index (Phi) is 5.44. The number of furan rings is 1. The monoisotopic (exact) mass is 605 g/mol. The summed E-state index contributed by atoms with van der Waals surface area (Å²) in [5.41, 5.74) is 5.01. The van der Waals surface area contributed by atoms with E-state index >= 15 is 0 Å². The van der Waals surface area contributed by atoms with Crippen molar-refractivity contribution in [3.63, 3.8) is 0 Å². The maximum Gasteiger partial charge on any atom is 0.492 e. The van der Waals surface area contributed by atoms with Crippen LogP contribution >= 0.6 is 0 Å². The minimum Gasteiger partial charge on any atom is -0.456 e. The van der Waals surface area contributed by atoms with Gasteiger partial charge in [0.1, 0.15) is 17.0 Å². The van der Waals surface area contributed by atoms with Crippen molar-refractivity contribution in [2.75, 3.05) is 0 Å². The van der Waals surface area contributed by atoms with Crippen LogP contribution in [0.25, 0.3) is 93.4 Å². The summed E-state index contributed by atoms with van der Waals surface area (Å²) in [6.07, 6.45) is 0. The Bertz CT molecular complexity index is 2910. The second kappa shape index (κ2) is 9.74. The van der Waals surface area contributed by atoms with Crippen molar-refractivity contribution < 1.29 is 14.5 Å². The normalized spacial score (nSPS) is 12.0. The number of benzene rings is 7. The Labute approximate surface area is 267 Å². The quantitative estimate of drug-likeness (QED) is 0.198. The fourth-order valence-corrected chi connectivity index (χ4v) is 7.28. The van der Waals surface area contributed by atoms with Gasteiger partial charge in [0.15, 0.2) is 5.82 Å². The summed E-state index contributed by atoms with van der Waals surface area (Å²) in [4.78, 5) is 10.4. The molecule has 0 fully saturated rings. The first-order chi connectivity index (χ1) is 23.1. The SMILES string of the molecule is OB(O)c1cc2ccccc2c2c1oc1c(-c3nc(-n4c5ccccc5c5cc6ccccc6cc54)c4ccccc4n3)cccc12. The van der Waals surface area contributed by atoms with Gasteiger partial charge in [0.05, 0.1) is 22.1 Å². The van der Waals surface area contributed by atoms with Crippen molar-refractivity contribution in [3.8, 4) is 17.2 Å². The summed E-state index contributed by atoms with van der Waals surface area (Å²) in [6.45, 7) is 0. The largest absolute Gasteiger partial charge is 0.492 e. The van der Waals surface area contributed by atoms with Crippen molar-refractivity contribution in [1.29, 1.82) is 0 Å². The van der Waals surface area contributed by atoms with Gasteiger partial charge in [0.25, 0.3) is 0 Å². The van der Waals surface area contributed by atoms with Gasteiger partial charge in [-0.3, -0.25) is 4.57 Å². The molecule has 0 aliphatic carbocycles. The van der Waals surface area contributed by atoms with Crippen molar-refractivity contribution in [2.24, 2.45) is 0 Å². The number of hydrogen-bond donors (Lipinski definition) is 2. The van der Waals surface area contributed by atoms with E-state index in [2.05, 4.69) is 71.3 Å². The Morgan fingerprint density at radius 3 is 2.04 bits per heavy atom. The molecular weight excluding hydrogens is 581 g/mol. The predicted molar refractivity (Wildman–Crippen MR) is 191 cm³/mol. The van der Waals surface area contributed by atoms with Crippen LogP contribution in [0.4, 0.5) is 0 Å². The number of fused-ring (bicyclic) bond motifs is 10. The van der Waals surface area contributed by atoms with Gasteiger partial charge in [-0.1, -0.05) is 97.1 Å². The molecule has 3 aromatic heterocycles. The fourth-order valence-electron chi connectivity index (χ4n) is 7.28. The number of aromatic nitrogens is 3. The van der Waals surface area contributed by atoms with Gasteiger partial charge in [-0.05, 0) is 57.9 Å². The van der Waals surface area contributed by atoms with Crippen molar-refractivity contribution >= 4 is 88.8 Å². The summed E-state index contributed by atoms with van der Waals surface area (Å²) in [7, 11) is -1.69. The highest BCUT2D eigenvalue weighted by molar-refractivity contribution is 6.62. The van der Waals surface area contributed by atoms with Crippen LogP contribution in [0, 0.1) is 0 Å². The van der Waals surface area contributed by atoms with Gasteiger partial charge in [-0.2, -0.15) is 0 Å². The van der Waals surface area contributed by atoms with Crippen LogP contribution in [0.15, 0.2) is 138 Å². The molecule has 0 unspecified atom stereocenters. The van der Waals surface area contributed by atoms with E-state index < -0.39 is 7.12 Å². The van der Waals surface area contributed by atoms with E-state index in [-0.39, 0.29) is 0 Å². The van der Waals surface area contributed by atoms with Gasteiger partial charge in [-0.15, -0.1) is 0 Å². The first kappa shape index (κ1) is 26.2. The first-order valence-corrected chi connectivity index (χ1v) is 15.6. The Morgan fingerprint density at radius 1 is 0.532 bits per heavy atom. The third kappa shape index (κ3) is 3.75. The van der Waals surface area contributed by atoms with E-state index in [1.165, 1.54) is 5.39 Å². The maximum absolute atomic E-state index is 10.4. The van der Waals surface area contributed by atoms with Crippen LogP contribution in [-0.2, 0) is 0 Å². The molecule has 7 aromatic carbocycles. The molecule has 3 heterocycles. The number of nitrogens with zero attached hydrogens (tertiary/aromatic N) is 3. The van der Waals surface area contributed by atoms with Crippen LogP contribution in [0.5, 0.6) is 0 Å².